The van der Waals surface area contributed by atoms with Gasteiger partial charge in [0, 0.05) is 18.7 Å². The molecule has 1 fully saturated rings. The monoisotopic (exact) mass is 512 g/mol. The lowest BCUT2D eigenvalue weighted by Gasteiger charge is -2.14. The number of aromatic carboxylic acids is 1. The zero-order valence-electron chi connectivity index (χ0n) is 18.9. The van der Waals surface area contributed by atoms with E-state index in [2.05, 4.69) is 23.5 Å². The Kier molecular flexibility index (Phi) is 6.54. The first-order valence-electron chi connectivity index (χ1n) is 11.2. The normalized spacial score (nSPS) is 14.7. The molecule has 1 saturated heterocycles. The van der Waals surface area contributed by atoms with Crippen molar-refractivity contribution in [2.75, 3.05) is 11.9 Å². The second-order valence-electron chi connectivity index (χ2n) is 8.25. The molecule has 0 radical (unpaired) electrons. The molecule has 178 valence electrons. The summed E-state index contributed by atoms with van der Waals surface area (Å²) in [5, 5.41) is 16.0. The maximum atomic E-state index is 13.2. The van der Waals surface area contributed by atoms with Gasteiger partial charge in [0.25, 0.3) is 5.91 Å². The molecule has 36 heavy (non-hydrogen) atoms. The smallest absolute Gasteiger partial charge is 0.335 e. The molecule has 1 heterocycles. The van der Waals surface area contributed by atoms with Crippen molar-refractivity contribution in [1.29, 1.82) is 0 Å². The number of hydrogen-bond acceptors (Lipinski definition) is 5. The van der Waals surface area contributed by atoms with E-state index in [-0.39, 0.29) is 30.3 Å². The Morgan fingerprint density at radius 3 is 2.17 bits per heavy atom. The Bertz CT molecular complexity index is 1520. The molecule has 0 saturated carbocycles. The Hall–Kier alpha value is -4.01. The number of hydrogen-bond donors (Lipinski definition) is 2. The van der Waals surface area contributed by atoms with Gasteiger partial charge in [-0.05, 0) is 63.5 Å². The first-order chi connectivity index (χ1) is 17.4. The largest absolute Gasteiger partial charge is 0.478 e. The van der Waals surface area contributed by atoms with Crippen LogP contribution in [0.4, 0.5) is 5.69 Å². The number of amides is 2. The number of fused-ring (bicyclic) bond motifs is 2. The number of nitrogens with one attached hydrogen (secondary N) is 1. The zero-order chi connectivity index (χ0) is 25.2. The van der Waals surface area contributed by atoms with Crippen molar-refractivity contribution in [1.82, 2.24) is 4.90 Å². The van der Waals surface area contributed by atoms with Gasteiger partial charge in [-0.2, -0.15) is 0 Å². The van der Waals surface area contributed by atoms with Crippen LogP contribution >= 0.6 is 24.0 Å². The molecule has 8 heteroatoms. The summed E-state index contributed by atoms with van der Waals surface area (Å²) in [6.07, 6.45) is 1.95. The highest BCUT2D eigenvalue weighted by molar-refractivity contribution is 8.26. The average Bonchev–Trinajstić information content (AvgIpc) is 3.14. The molecule has 0 aromatic heterocycles. The predicted molar refractivity (Wildman–Crippen MR) is 148 cm³/mol. The van der Waals surface area contributed by atoms with E-state index >= 15 is 0 Å². The minimum Gasteiger partial charge on any atom is -0.478 e. The summed E-state index contributed by atoms with van der Waals surface area (Å²) < 4.78 is 0.411. The molecule has 6 nitrogen and oxygen atoms in total. The van der Waals surface area contributed by atoms with E-state index < -0.39 is 5.97 Å². The van der Waals surface area contributed by atoms with Crippen LogP contribution in [0.5, 0.6) is 0 Å². The highest BCUT2D eigenvalue weighted by atomic mass is 32.2. The molecular weight excluding hydrogens is 492 g/mol. The summed E-state index contributed by atoms with van der Waals surface area (Å²) >= 11 is 6.70. The molecule has 0 aliphatic carbocycles. The molecule has 2 N–H and O–H groups in total. The average molecular weight is 513 g/mol. The van der Waals surface area contributed by atoms with Crippen LogP contribution in [0.3, 0.4) is 0 Å². The number of rotatable bonds is 6. The number of carboxylic acids is 1. The van der Waals surface area contributed by atoms with Crippen LogP contribution in [0.25, 0.3) is 27.6 Å². The van der Waals surface area contributed by atoms with E-state index in [0.717, 1.165) is 27.1 Å². The van der Waals surface area contributed by atoms with E-state index in [1.165, 1.54) is 40.9 Å². The second kappa shape index (κ2) is 9.93. The van der Waals surface area contributed by atoms with E-state index in [0.29, 0.717) is 14.9 Å². The van der Waals surface area contributed by atoms with Gasteiger partial charge in [0.05, 0.1) is 10.5 Å². The van der Waals surface area contributed by atoms with Crippen LogP contribution in [0.1, 0.15) is 22.3 Å². The number of anilines is 1. The van der Waals surface area contributed by atoms with Crippen molar-refractivity contribution in [3.8, 4) is 0 Å². The fourth-order valence-electron chi connectivity index (χ4n) is 4.16. The SMILES string of the molecule is O=C(CCN1C(=O)/C(=C/c2c3ccccc3cc3ccccc23)SC1=S)Nc1ccc(C(=O)O)cc1. The minimum absolute atomic E-state index is 0.0532. The quantitative estimate of drug-likeness (QED) is 0.189. The third-order valence-electron chi connectivity index (χ3n) is 5.94. The van der Waals surface area contributed by atoms with E-state index in [9.17, 15) is 14.4 Å². The Morgan fingerprint density at radius 2 is 1.56 bits per heavy atom. The summed E-state index contributed by atoms with van der Waals surface area (Å²) in [4.78, 5) is 38.6. The summed E-state index contributed by atoms with van der Waals surface area (Å²) in [7, 11) is 0. The summed E-state index contributed by atoms with van der Waals surface area (Å²) in [6, 6.07) is 24.2. The van der Waals surface area contributed by atoms with Crippen molar-refractivity contribution >= 4 is 79.4 Å². The number of thioether (sulfide) groups is 1. The van der Waals surface area contributed by atoms with Crippen LogP contribution in [-0.2, 0) is 9.59 Å². The molecule has 5 rings (SSSR count). The van der Waals surface area contributed by atoms with Gasteiger partial charge in [-0.25, -0.2) is 4.79 Å². The van der Waals surface area contributed by atoms with Gasteiger partial charge in [0.2, 0.25) is 5.91 Å². The number of nitrogens with zero attached hydrogens (tertiary/aromatic N) is 1. The number of carbonyl (C=O) groups excluding carboxylic acids is 2. The van der Waals surface area contributed by atoms with E-state index in [1.54, 1.807) is 0 Å². The Labute approximate surface area is 216 Å². The summed E-state index contributed by atoms with van der Waals surface area (Å²) in [5.41, 5.74) is 1.58. The number of carboxylic acid groups (broad SMARTS) is 1. The predicted octanol–water partition coefficient (Wildman–Crippen LogP) is 5.92. The van der Waals surface area contributed by atoms with Crippen LogP contribution < -0.4 is 5.32 Å². The topological polar surface area (TPSA) is 86.7 Å². The molecule has 0 atom stereocenters. The third-order valence-corrected chi connectivity index (χ3v) is 7.32. The van der Waals surface area contributed by atoms with E-state index in [4.69, 9.17) is 17.3 Å². The molecule has 4 aromatic carbocycles. The maximum absolute atomic E-state index is 13.2. The van der Waals surface area contributed by atoms with Gasteiger partial charge in [-0.1, -0.05) is 72.5 Å². The minimum atomic E-state index is -1.04. The molecule has 0 unspecified atom stereocenters. The molecule has 2 amide bonds. The Morgan fingerprint density at radius 1 is 0.944 bits per heavy atom. The van der Waals surface area contributed by atoms with Crippen LogP contribution in [0.15, 0.2) is 83.8 Å². The molecular formula is C28H20N2O4S2. The first kappa shape index (κ1) is 23.7. The summed E-state index contributed by atoms with van der Waals surface area (Å²) in [6.45, 7) is 0.150. The van der Waals surface area contributed by atoms with Gasteiger partial charge < -0.3 is 10.4 Å². The fourth-order valence-corrected chi connectivity index (χ4v) is 5.45. The number of benzene rings is 4. The Balaban J connectivity index is 1.34. The van der Waals surface area contributed by atoms with Crippen molar-refractivity contribution in [3.05, 3.63) is 94.9 Å². The molecule has 4 aromatic rings. The number of thiocarbonyl (C=S) groups is 1. The van der Waals surface area contributed by atoms with Gasteiger partial charge in [0.15, 0.2) is 0 Å². The highest BCUT2D eigenvalue weighted by Gasteiger charge is 2.32. The summed E-state index contributed by atoms with van der Waals surface area (Å²) in [5.74, 6) is -1.55. The number of carbonyl (C=O) groups is 3. The van der Waals surface area contributed by atoms with Crippen molar-refractivity contribution in [3.63, 3.8) is 0 Å². The van der Waals surface area contributed by atoms with Gasteiger partial charge in [-0.3, -0.25) is 14.5 Å². The fraction of sp³-hybridized carbons (Fsp3) is 0.0714. The third kappa shape index (κ3) is 4.73. The second-order valence-corrected chi connectivity index (χ2v) is 9.92. The molecule has 0 spiro atoms. The zero-order valence-corrected chi connectivity index (χ0v) is 20.6. The lowest BCUT2D eigenvalue weighted by molar-refractivity contribution is -0.122. The molecule has 0 bridgehead atoms. The molecule has 1 aliphatic rings. The maximum Gasteiger partial charge on any atom is 0.335 e. The lowest BCUT2D eigenvalue weighted by Crippen LogP contribution is -2.31. The van der Waals surface area contributed by atoms with E-state index in [1.807, 2.05) is 42.5 Å². The van der Waals surface area contributed by atoms with Crippen LogP contribution in [0.2, 0.25) is 0 Å². The molecule has 1 aliphatic heterocycles. The van der Waals surface area contributed by atoms with Gasteiger partial charge >= 0.3 is 5.97 Å². The first-order valence-corrected chi connectivity index (χ1v) is 12.4. The highest BCUT2D eigenvalue weighted by Crippen LogP contribution is 2.36. The van der Waals surface area contributed by atoms with Crippen molar-refractivity contribution in [2.45, 2.75) is 6.42 Å². The van der Waals surface area contributed by atoms with Crippen molar-refractivity contribution in [2.24, 2.45) is 0 Å². The van der Waals surface area contributed by atoms with Crippen LogP contribution in [0, 0.1) is 0 Å². The van der Waals surface area contributed by atoms with Crippen LogP contribution in [-0.4, -0.2) is 38.7 Å². The lowest BCUT2D eigenvalue weighted by atomic mass is 9.96. The van der Waals surface area contributed by atoms with Crippen molar-refractivity contribution < 1.29 is 19.5 Å². The van der Waals surface area contributed by atoms with Gasteiger partial charge in [0.1, 0.15) is 4.32 Å². The standard InChI is InChI=1S/C28H20N2O4S2/c31-25(29-20-11-9-17(10-12-20)27(33)34)13-14-30-26(32)24(36-28(30)35)16-23-21-7-3-1-5-18(21)15-19-6-2-4-8-22(19)23/h1-12,15-16H,13-14H2,(H,29,31)(H,33,34)/b24-16-. The van der Waals surface area contributed by atoms with Gasteiger partial charge in [-0.15, -0.1) is 0 Å².